The van der Waals surface area contributed by atoms with E-state index in [1.54, 1.807) is 61.7 Å². The van der Waals surface area contributed by atoms with Crippen LogP contribution in [-0.4, -0.2) is 41.7 Å². The van der Waals surface area contributed by atoms with Gasteiger partial charge in [0.15, 0.2) is 6.61 Å². The molecule has 202 valence electrons. The maximum Gasteiger partial charge on any atom is 0.305 e. The average molecular weight is 574 g/mol. The number of thiazole rings is 1. The first kappa shape index (κ1) is 25.9. The van der Waals surface area contributed by atoms with E-state index in [1.807, 2.05) is 24.3 Å². The second kappa shape index (κ2) is 10.7. The van der Waals surface area contributed by atoms with Gasteiger partial charge in [-0.2, -0.15) is 0 Å². The van der Waals surface area contributed by atoms with Gasteiger partial charge in [-0.05, 0) is 42.5 Å². The molecule has 3 atom stereocenters. The number of ether oxygens (including phenoxy) is 2. The second-order valence-corrected chi connectivity index (χ2v) is 11.4. The zero-order valence-corrected chi connectivity index (χ0v) is 22.8. The van der Waals surface area contributed by atoms with Gasteiger partial charge in [-0.25, -0.2) is 4.90 Å². The van der Waals surface area contributed by atoms with E-state index in [1.165, 1.54) is 16.7 Å². The fourth-order valence-corrected chi connectivity index (χ4v) is 7.57. The molecule has 40 heavy (non-hydrogen) atoms. The normalized spacial score (nSPS) is 19.6. The standard InChI is InChI=1S/C29H23N3O6S2/c1-37-18-13-11-17(12-14-18)32-27(34)23-22(24-26(31-29(36)40-24)39-25(23)28(32)35)19-9-5-6-10-20(19)38-15-21(33)30-16-7-3-2-4-8-16/h2-14,22-23,25H,15H2,1H3,(H,30,33)(H,31,36). The van der Waals surface area contributed by atoms with Crippen LogP contribution in [0.3, 0.4) is 0 Å². The Kier molecular flexibility index (Phi) is 6.91. The monoisotopic (exact) mass is 573 g/mol. The minimum Gasteiger partial charge on any atom is -0.497 e. The summed E-state index contributed by atoms with van der Waals surface area (Å²) in [6.07, 6.45) is 0. The summed E-state index contributed by atoms with van der Waals surface area (Å²) in [5, 5.41) is 2.61. The van der Waals surface area contributed by atoms with Crippen molar-refractivity contribution < 1.29 is 23.9 Å². The van der Waals surface area contributed by atoms with Gasteiger partial charge in [0.05, 0.1) is 23.7 Å². The molecule has 2 N–H and O–H groups in total. The molecule has 11 heteroatoms. The molecule has 1 fully saturated rings. The van der Waals surface area contributed by atoms with Gasteiger partial charge in [-0.15, -0.1) is 0 Å². The predicted octanol–water partition coefficient (Wildman–Crippen LogP) is 4.26. The molecule has 6 rings (SSSR count). The van der Waals surface area contributed by atoms with Gasteiger partial charge in [0, 0.05) is 22.0 Å². The quantitative estimate of drug-likeness (QED) is 0.317. The maximum absolute atomic E-state index is 14.0. The van der Waals surface area contributed by atoms with Gasteiger partial charge in [-0.3, -0.25) is 19.2 Å². The van der Waals surface area contributed by atoms with Gasteiger partial charge in [0.1, 0.15) is 16.7 Å². The number of aromatic amines is 1. The molecule has 1 aromatic heterocycles. The molecule has 3 heterocycles. The Morgan fingerprint density at radius 2 is 1.68 bits per heavy atom. The molecule has 3 unspecified atom stereocenters. The van der Waals surface area contributed by atoms with Crippen LogP contribution in [0.5, 0.6) is 11.5 Å². The summed E-state index contributed by atoms with van der Waals surface area (Å²) in [7, 11) is 1.54. The second-order valence-electron chi connectivity index (χ2n) is 9.20. The van der Waals surface area contributed by atoms with E-state index in [2.05, 4.69) is 10.3 Å². The summed E-state index contributed by atoms with van der Waals surface area (Å²) >= 11 is 2.22. The fraction of sp³-hybridized carbons (Fsp3) is 0.172. The molecule has 0 spiro atoms. The lowest BCUT2D eigenvalue weighted by molar-refractivity contribution is -0.122. The Balaban J connectivity index is 1.34. The van der Waals surface area contributed by atoms with E-state index in [0.717, 1.165) is 11.3 Å². The molecule has 1 saturated heterocycles. The number of thioether (sulfide) groups is 1. The highest BCUT2D eigenvalue weighted by Gasteiger charge is 2.56. The number of carbonyl (C=O) groups excluding carboxylic acids is 3. The number of para-hydroxylation sites is 2. The molecule has 9 nitrogen and oxygen atoms in total. The average Bonchev–Trinajstić information content (AvgIpc) is 3.46. The Labute approximate surface area is 237 Å². The molecule has 0 radical (unpaired) electrons. The molecule has 0 saturated carbocycles. The van der Waals surface area contributed by atoms with Crippen LogP contribution in [0, 0.1) is 5.92 Å². The van der Waals surface area contributed by atoms with Crippen molar-refractivity contribution in [3.63, 3.8) is 0 Å². The largest absolute Gasteiger partial charge is 0.497 e. The number of rotatable bonds is 7. The van der Waals surface area contributed by atoms with Crippen LogP contribution in [-0.2, 0) is 14.4 Å². The maximum atomic E-state index is 14.0. The number of hydrogen-bond donors (Lipinski definition) is 2. The van der Waals surface area contributed by atoms with Crippen molar-refractivity contribution in [3.05, 3.63) is 99.0 Å². The number of fused-ring (bicyclic) bond motifs is 2. The number of nitrogens with one attached hydrogen (secondary N) is 2. The summed E-state index contributed by atoms with van der Waals surface area (Å²) in [5.74, 6) is -1.46. The molecule has 3 aromatic carbocycles. The molecule has 3 amide bonds. The van der Waals surface area contributed by atoms with Crippen LogP contribution in [0.2, 0.25) is 0 Å². The lowest BCUT2D eigenvalue weighted by atomic mass is 9.82. The van der Waals surface area contributed by atoms with Crippen molar-refractivity contribution in [2.45, 2.75) is 16.2 Å². The summed E-state index contributed by atoms with van der Waals surface area (Å²) in [4.78, 5) is 57.1. The zero-order valence-electron chi connectivity index (χ0n) is 21.2. The summed E-state index contributed by atoms with van der Waals surface area (Å²) < 4.78 is 11.2. The lowest BCUT2D eigenvalue weighted by Crippen LogP contribution is -2.32. The van der Waals surface area contributed by atoms with Crippen molar-refractivity contribution in [2.75, 3.05) is 23.9 Å². The van der Waals surface area contributed by atoms with Crippen molar-refractivity contribution in [2.24, 2.45) is 5.92 Å². The number of hydrogen-bond acceptors (Lipinski definition) is 8. The molecule has 2 aliphatic rings. The van der Waals surface area contributed by atoms with E-state index in [9.17, 15) is 19.2 Å². The van der Waals surface area contributed by atoms with E-state index in [0.29, 0.717) is 38.3 Å². The minimum absolute atomic E-state index is 0.261. The first-order valence-electron chi connectivity index (χ1n) is 12.4. The molecule has 0 aliphatic carbocycles. The Bertz CT molecular complexity index is 1650. The third-order valence-electron chi connectivity index (χ3n) is 6.82. The van der Waals surface area contributed by atoms with E-state index >= 15 is 0 Å². The van der Waals surface area contributed by atoms with Crippen LogP contribution in [0.1, 0.15) is 16.4 Å². The minimum atomic E-state index is -0.776. The number of aromatic nitrogens is 1. The third kappa shape index (κ3) is 4.67. The smallest absolute Gasteiger partial charge is 0.305 e. The van der Waals surface area contributed by atoms with Gasteiger partial charge in [0.25, 0.3) is 5.91 Å². The number of amides is 3. The predicted molar refractivity (Wildman–Crippen MR) is 152 cm³/mol. The van der Waals surface area contributed by atoms with Gasteiger partial charge >= 0.3 is 4.87 Å². The van der Waals surface area contributed by atoms with Gasteiger partial charge in [-0.1, -0.05) is 59.5 Å². The highest BCUT2D eigenvalue weighted by Crippen LogP contribution is 2.54. The van der Waals surface area contributed by atoms with Crippen LogP contribution >= 0.6 is 23.1 Å². The number of methoxy groups -OCH3 is 1. The van der Waals surface area contributed by atoms with Gasteiger partial charge in [0.2, 0.25) is 11.8 Å². The van der Waals surface area contributed by atoms with Crippen molar-refractivity contribution in [1.29, 1.82) is 0 Å². The molecular weight excluding hydrogens is 550 g/mol. The van der Waals surface area contributed by atoms with E-state index < -0.39 is 17.1 Å². The van der Waals surface area contributed by atoms with Crippen molar-refractivity contribution in [1.82, 2.24) is 4.98 Å². The summed E-state index contributed by atoms with van der Waals surface area (Å²) in [6, 6.07) is 22.9. The Morgan fingerprint density at radius 3 is 2.42 bits per heavy atom. The number of nitrogens with zero attached hydrogens (tertiary/aromatic N) is 1. The molecule has 2 aliphatic heterocycles. The molecule has 4 aromatic rings. The molecule has 0 bridgehead atoms. The number of anilines is 2. The number of H-pyrrole nitrogens is 1. The number of imide groups is 1. The van der Waals surface area contributed by atoms with Crippen LogP contribution in [0.4, 0.5) is 11.4 Å². The van der Waals surface area contributed by atoms with Crippen LogP contribution in [0.15, 0.2) is 88.7 Å². The fourth-order valence-electron chi connectivity index (χ4n) is 5.07. The summed E-state index contributed by atoms with van der Waals surface area (Å²) in [5.41, 5.74) is 1.72. The Morgan fingerprint density at radius 1 is 0.950 bits per heavy atom. The lowest BCUT2D eigenvalue weighted by Gasteiger charge is -2.30. The SMILES string of the molecule is COc1ccc(N2C(=O)C3Sc4[nH]c(=O)sc4C(c4ccccc4OCC(=O)Nc4ccccc4)C3C2=O)cc1. The Hall–Kier alpha value is -4.35. The first-order valence-corrected chi connectivity index (χ1v) is 14.1. The van der Waals surface area contributed by atoms with Crippen molar-refractivity contribution >= 4 is 52.2 Å². The topological polar surface area (TPSA) is 118 Å². The zero-order chi connectivity index (χ0) is 27.8. The highest BCUT2D eigenvalue weighted by molar-refractivity contribution is 8.00. The van der Waals surface area contributed by atoms with Gasteiger partial charge < -0.3 is 19.8 Å². The van der Waals surface area contributed by atoms with E-state index in [4.69, 9.17) is 9.47 Å². The van der Waals surface area contributed by atoms with E-state index in [-0.39, 0.29) is 29.2 Å². The van der Waals surface area contributed by atoms with Crippen LogP contribution < -0.4 is 24.6 Å². The third-order valence-corrected chi connectivity index (χ3v) is 9.23. The number of carbonyl (C=O) groups is 3. The molecular formula is C29H23N3O6S2. The summed E-state index contributed by atoms with van der Waals surface area (Å²) in [6.45, 7) is -0.261. The first-order chi connectivity index (χ1) is 19.4. The van der Waals surface area contributed by atoms with Crippen molar-refractivity contribution in [3.8, 4) is 11.5 Å². The highest BCUT2D eigenvalue weighted by atomic mass is 32.2. The number of benzene rings is 3. The van der Waals surface area contributed by atoms with Crippen LogP contribution in [0.25, 0.3) is 0 Å².